The van der Waals surface area contributed by atoms with E-state index in [0.717, 1.165) is 31.7 Å². The van der Waals surface area contributed by atoms with Crippen molar-refractivity contribution in [3.8, 4) is 0 Å². The number of carbonyl (C=O) groups is 1. The predicted molar refractivity (Wildman–Crippen MR) is 107 cm³/mol. The second-order valence-electron chi connectivity index (χ2n) is 6.01. The highest BCUT2D eigenvalue weighted by Gasteiger charge is 2.04. The third-order valence-electron chi connectivity index (χ3n) is 2.98. The maximum atomic E-state index is 11.4. The Morgan fingerprint density at radius 2 is 1.72 bits per heavy atom. The number of carbonyl (C=O) groups excluding carboxylic acids is 1. The van der Waals surface area contributed by atoms with E-state index >= 15 is 0 Å². The molecule has 0 radical (unpaired) electrons. The Balaban J connectivity index is 0. The number of rotatable bonds is 7. The molecule has 0 spiro atoms. The van der Waals surface area contributed by atoms with Gasteiger partial charge in [0.05, 0.1) is 6.73 Å². The molecule has 0 bridgehead atoms. The molecule has 7 nitrogen and oxygen atoms in total. The van der Waals surface area contributed by atoms with Gasteiger partial charge >= 0.3 is 0 Å². The Labute approximate surface area is 152 Å². The van der Waals surface area contributed by atoms with Gasteiger partial charge in [-0.15, -0.1) is 0 Å². The van der Waals surface area contributed by atoms with Crippen molar-refractivity contribution in [1.82, 2.24) is 4.90 Å². The topological polar surface area (TPSA) is 131 Å². The molecule has 0 atom stereocenters. The molecule has 146 valence electrons. The molecule has 25 heavy (non-hydrogen) atoms. The molecule has 0 heterocycles. The number of aliphatic hydroxyl groups excluding tert-OH is 1. The predicted octanol–water partition coefficient (Wildman–Crippen LogP) is 1.44. The van der Waals surface area contributed by atoms with Crippen LogP contribution in [0.4, 0.5) is 11.4 Å². The van der Waals surface area contributed by atoms with Crippen LogP contribution in [0.15, 0.2) is 24.3 Å². The van der Waals surface area contributed by atoms with Crippen molar-refractivity contribution in [3.63, 3.8) is 0 Å². The lowest BCUT2D eigenvalue weighted by atomic mass is 10.1. The van der Waals surface area contributed by atoms with Gasteiger partial charge in [0.25, 0.3) is 0 Å². The van der Waals surface area contributed by atoms with Crippen LogP contribution in [0.5, 0.6) is 0 Å². The molecule has 1 aromatic carbocycles. The summed E-state index contributed by atoms with van der Waals surface area (Å²) in [5.41, 5.74) is 17.1. The highest BCUT2D eigenvalue weighted by atomic mass is 16.3. The molecule has 0 fully saturated rings. The number of benzene rings is 1. The standard InChI is InChI=1S/C11H16N2O.C4H11NO.C3H10N2/c1-8(2)7-11(14)13-10-5-3-9(12)4-6-10;1-3-5(2)4-6;4-2-1-3-5/h3-6,8H,7,12H2,1-2H3,(H,13,14);6H,3-4H2,1-2H3;1-5H2. The van der Waals surface area contributed by atoms with Crippen molar-refractivity contribution < 1.29 is 9.90 Å². The Morgan fingerprint density at radius 3 is 2.00 bits per heavy atom. The van der Waals surface area contributed by atoms with E-state index in [1.165, 1.54) is 0 Å². The number of nitrogens with two attached hydrogens (primary N) is 3. The third-order valence-corrected chi connectivity index (χ3v) is 2.98. The highest BCUT2D eigenvalue weighted by molar-refractivity contribution is 5.90. The van der Waals surface area contributed by atoms with E-state index < -0.39 is 0 Å². The van der Waals surface area contributed by atoms with Crippen molar-refractivity contribution >= 4 is 17.3 Å². The fourth-order valence-corrected chi connectivity index (χ4v) is 1.37. The van der Waals surface area contributed by atoms with Crippen LogP contribution in [0, 0.1) is 5.92 Å². The second kappa shape index (κ2) is 17.2. The van der Waals surface area contributed by atoms with Gasteiger partial charge in [-0.2, -0.15) is 0 Å². The minimum absolute atomic E-state index is 0.0461. The molecule has 0 aliphatic rings. The van der Waals surface area contributed by atoms with E-state index in [1.807, 2.05) is 27.8 Å². The van der Waals surface area contributed by atoms with Crippen molar-refractivity contribution in [2.45, 2.75) is 33.6 Å². The fraction of sp³-hybridized carbons (Fsp3) is 0.611. The summed E-state index contributed by atoms with van der Waals surface area (Å²) in [5, 5.41) is 11.1. The van der Waals surface area contributed by atoms with Gasteiger partial charge in [-0.05, 0) is 63.3 Å². The van der Waals surface area contributed by atoms with Crippen LogP contribution in [0.25, 0.3) is 0 Å². The first-order valence-corrected chi connectivity index (χ1v) is 8.65. The Kier molecular flexibility index (Phi) is 17.6. The van der Waals surface area contributed by atoms with Crippen LogP contribution in [-0.2, 0) is 4.79 Å². The summed E-state index contributed by atoms with van der Waals surface area (Å²) in [5.74, 6) is 0.425. The fourth-order valence-electron chi connectivity index (χ4n) is 1.37. The average Bonchev–Trinajstić information content (AvgIpc) is 2.57. The number of nitrogens with zero attached hydrogens (tertiary/aromatic N) is 1. The number of anilines is 2. The lowest BCUT2D eigenvalue weighted by Crippen LogP contribution is -2.17. The molecule has 0 aromatic heterocycles. The molecule has 0 saturated carbocycles. The largest absolute Gasteiger partial charge is 0.399 e. The zero-order chi connectivity index (χ0) is 19.7. The zero-order valence-corrected chi connectivity index (χ0v) is 16.2. The van der Waals surface area contributed by atoms with Gasteiger partial charge in [-0.25, -0.2) is 0 Å². The lowest BCUT2D eigenvalue weighted by Gasteiger charge is -2.06. The normalized spacial score (nSPS) is 9.80. The van der Waals surface area contributed by atoms with Crippen LogP contribution >= 0.6 is 0 Å². The molecule has 0 unspecified atom stereocenters. The minimum atomic E-state index is 0.0461. The van der Waals surface area contributed by atoms with Gasteiger partial charge in [0.2, 0.25) is 5.91 Å². The van der Waals surface area contributed by atoms with E-state index in [-0.39, 0.29) is 12.6 Å². The number of nitrogen functional groups attached to an aromatic ring is 1. The first-order chi connectivity index (χ1) is 11.8. The summed E-state index contributed by atoms with van der Waals surface area (Å²) in [7, 11) is 1.86. The summed E-state index contributed by atoms with van der Waals surface area (Å²) in [6.45, 7) is 8.54. The van der Waals surface area contributed by atoms with Crippen LogP contribution in [0.1, 0.15) is 33.6 Å². The smallest absolute Gasteiger partial charge is 0.224 e. The van der Waals surface area contributed by atoms with Crippen molar-refractivity contribution in [2.24, 2.45) is 17.4 Å². The second-order valence-corrected chi connectivity index (χ2v) is 6.01. The Morgan fingerprint density at radius 1 is 1.20 bits per heavy atom. The van der Waals surface area contributed by atoms with Crippen molar-refractivity contribution in [3.05, 3.63) is 24.3 Å². The molecule has 1 rings (SSSR count). The molecular weight excluding hydrogens is 318 g/mol. The minimum Gasteiger partial charge on any atom is -0.399 e. The summed E-state index contributed by atoms with van der Waals surface area (Å²) < 4.78 is 0. The number of hydrogen-bond acceptors (Lipinski definition) is 6. The van der Waals surface area contributed by atoms with Crippen LogP contribution in [0.3, 0.4) is 0 Å². The first-order valence-electron chi connectivity index (χ1n) is 8.65. The SMILES string of the molecule is CC(C)CC(=O)Nc1ccc(N)cc1.CCN(C)CO.NCCCN. The number of hydrogen-bond donors (Lipinski definition) is 5. The molecule has 0 saturated heterocycles. The highest BCUT2D eigenvalue weighted by Crippen LogP contribution is 2.11. The van der Waals surface area contributed by atoms with Gasteiger partial charge in [0.15, 0.2) is 0 Å². The number of aliphatic hydroxyl groups is 1. The van der Waals surface area contributed by atoms with Crippen LogP contribution < -0.4 is 22.5 Å². The van der Waals surface area contributed by atoms with Gasteiger partial charge in [-0.3, -0.25) is 9.69 Å². The molecule has 1 amide bonds. The summed E-state index contributed by atoms with van der Waals surface area (Å²) >= 11 is 0. The van der Waals surface area contributed by atoms with E-state index in [9.17, 15) is 4.79 Å². The number of nitrogens with one attached hydrogen (secondary N) is 1. The quantitative estimate of drug-likeness (QED) is 0.371. The average molecular weight is 356 g/mol. The summed E-state index contributed by atoms with van der Waals surface area (Å²) in [6, 6.07) is 7.14. The maximum Gasteiger partial charge on any atom is 0.224 e. The van der Waals surface area contributed by atoms with Crippen LogP contribution in [0.2, 0.25) is 0 Å². The van der Waals surface area contributed by atoms with E-state index in [1.54, 1.807) is 29.2 Å². The first kappa shape index (κ1) is 25.6. The third kappa shape index (κ3) is 18.5. The van der Waals surface area contributed by atoms with E-state index in [4.69, 9.17) is 22.3 Å². The molecule has 7 heteroatoms. The van der Waals surface area contributed by atoms with Crippen molar-refractivity contribution in [2.75, 3.05) is 44.5 Å². The van der Waals surface area contributed by atoms with Crippen molar-refractivity contribution in [1.29, 1.82) is 0 Å². The Bertz CT molecular complexity index is 418. The maximum absolute atomic E-state index is 11.4. The molecule has 8 N–H and O–H groups in total. The van der Waals surface area contributed by atoms with Gasteiger partial charge < -0.3 is 27.6 Å². The van der Waals surface area contributed by atoms with Crippen LogP contribution in [-0.4, -0.2) is 49.3 Å². The number of amides is 1. The molecule has 0 aliphatic heterocycles. The monoisotopic (exact) mass is 355 g/mol. The van der Waals surface area contributed by atoms with Gasteiger partial charge in [0.1, 0.15) is 0 Å². The summed E-state index contributed by atoms with van der Waals surface area (Å²) in [4.78, 5) is 13.2. The molecule has 1 aromatic rings. The van der Waals surface area contributed by atoms with E-state index in [0.29, 0.717) is 18.0 Å². The Hall–Kier alpha value is -1.67. The molecular formula is C18H37N5O2. The summed E-state index contributed by atoms with van der Waals surface area (Å²) in [6.07, 6.45) is 1.49. The lowest BCUT2D eigenvalue weighted by molar-refractivity contribution is -0.116. The van der Waals surface area contributed by atoms with Gasteiger partial charge in [-0.1, -0.05) is 20.8 Å². The zero-order valence-electron chi connectivity index (χ0n) is 16.2. The molecule has 0 aliphatic carbocycles. The van der Waals surface area contributed by atoms with E-state index in [2.05, 4.69) is 5.32 Å². The van der Waals surface area contributed by atoms with Gasteiger partial charge in [0, 0.05) is 17.8 Å².